The van der Waals surface area contributed by atoms with Crippen LogP contribution >= 0.6 is 0 Å². The molecule has 2 N–H and O–H groups in total. The van der Waals surface area contributed by atoms with E-state index in [-0.39, 0.29) is 34.0 Å². The second-order valence-corrected chi connectivity index (χ2v) is 7.78. The first-order chi connectivity index (χ1) is 17.2. The lowest BCUT2D eigenvalue weighted by atomic mass is 10.0. The van der Waals surface area contributed by atoms with E-state index in [4.69, 9.17) is 10.3 Å². The summed E-state index contributed by atoms with van der Waals surface area (Å²) in [6.07, 6.45) is -2.83. The van der Waals surface area contributed by atoms with E-state index in [1.807, 2.05) is 0 Å². The van der Waals surface area contributed by atoms with Gasteiger partial charge in [0.1, 0.15) is 28.9 Å². The molecule has 0 saturated carbocycles. The number of aromatic nitrogens is 6. The summed E-state index contributed by atoms with van der Waals surface area (Å²) in [5, 5.41) is 18.1. The van der Waals surface area contributed by atoms with E-state index in [0.717, 1.165) is 12.4 Å². The number of rotatable bonds is 4. The first-order valence-corrected chi connectivity index (χ1v) is 10.4. The Morgan fingerprint density at radius 1 is 1.14 bits per heavy atom. The summed E-state index contributed by atoms with van der Waals surface area (Å²) in [6.45, 7) is 1.73. The smallest absolute Gasteiger partial charge is 0.382 e. The van der Waals surface area contributed by atoms with Gasteiger partial charge in [0.2, 0.25) is 5.82 Å². The summed E-state index contributed by atoms with van der Waals surface area (Å²) in [5.74, 6) is -2.12. The van der Waals surface area contributed by atoms with Crippen molar-refractivity contribution in [1.82, 2.24) is 29.7 Å². The van der Waals surface area contributed by atoms with E-state index in [2.05, 4.69) is 31.3 Å². The topological polar surface area (TPSA) is 132 Å². The maximum absolute atomic E-state index is 14.2. The maximum Gasteiger partial charge on any atom is 0.451 e. The van der Waals surface area contributed by atoms with Crippen molar-refractivity contribution in [1.29, 1.82) is 5.26 Å². The molecule has 0 unspecified atom stereocenters. The zero-order chi connectivity index (χ0) is 25.6. The number of halogens is 4. The zero-order valence-electron chi connectivity index (χ0n) is 18.3. The van der Waals surface area contributed by atoms with Crippen LogP contribution in [0.2, 0.25) is 0 Å². The number of nitrogen functional groups attached to an aromatic ring is 1. The molecule has 5 aromatic rings. The number of nitriles is 1. The van der Waals surface area contributed by atoms with Crippen molar-refractivity contribution in [2.45, 2.75) is 19.0 Å². The molecule has 1 aromatic carbocycles. The average molecular weight is 494 g/mol. The Hall–Kier alpha value is -4.86. The minimum Gasteiger partial charge on any atom is -0.382 e. The number of nitrogens with two attached hydrogens (primary N) is 1. The van der Waals surface area contributed by atoms with E-state index >= 15 is 0 Å². The monoisotopic (exact) mass is 494 g/mol. The Balaban J connectivity index is 1.60. The van der Waals surface area contributed by atoms with Gasteiger partial charge in [-0.15, -0.1) is 5.10 Å². The van der Waals surface area contributed by atoms with Gasteiger partial charge in [-0.3, -0.25) is 0 Å². The van der Waals surface area contributed by atoms with Gasteiger partial charge in [-0.2, -0.15) is 18.4 Å². The van der Waals surface area contributed by atoms with Gasteiger partial charge in [-0.25, -0.2) is 23.9 Å². The molecule has 5 rings (SSSR count). The number of hydrogen-bond acceptors (Lipinski definition) is 8. The van der Waals surface area contributed by atoms with Crippen LogP contribution in [0.3, 0.4) is 0 Å². The van der Waals surface area contributed by atoms with E-state index in [0.29, 0.717) is 17.0 Å². The summed E-state index contributed by atoms with van der Waals surface area (Å²) in [5.41, 5.74) is 7.58. The normalized spacial score (nSPS) is 12.6. The highest BCUT2D eigenvalue weighted by molar-refractivity contribution is 5.72. The molecule has 4 aromatic heterocycles. The van der Waals surface area contributed by atoms with E-state index in [1.165, 1.54) is 16.6 Å². The predicted molar refractivity (Wildman–Crippen MR) is 118 cm³/mol. The Morgan fingerprint density at radius 2 is 1.86 bits per heavy atom. The van der Waals surface area contributed by atoms with Crippen LogP contribution in [0.25, 0.3) is 28.2 Å². The van der Waals surface area contributed by atoms with E-state index in [1.54, 1.807) is 31.2 Å². The SMILES string of the molecule is C[C@H](c1cc(-c2ccccc2F)no1)c1c(C#N)cc2c(N)nc(-c3cnc(C(F)(F)F)nc3)nn12. The molecule has 9 nitrogen and oxygen atoms in total. The maximum atomic E-state index is 14.2. The second kappa shape index (κ2) is 8.42. The molecule has 36 heavy (non-hydrogen) atoms. The Labute approximate surface area is 199 Å². The van der Waals surface area contributed by atoms with Gasteiger partial charge in [-0.05, 0) is 25.1 Å². The third kappa shape index (κ3) is 3.88. The van der Waals surface area contributed by atoms with Crippen molar-refractivity contribution in [3.8, 4) is 28.7 Å². The Kier molecular flexibility index (Phi) is 5.36. The van der Waals surface area contributed by atoms with Gasteiger partial charge in [-0.1, -0.05) is 17.3 Å². The molecule has 0 amide bonds. The predicted octanol–water partition coefficient (Wildman–Crippen LogP) is 4.60. The van der Waals surface area contributed by atoms with Crippen LogP contribution in [-0.4, -0.2) is 29.7 Å². The van der Waals surface area contributed by atoms with E-state index < -0.39 is 23.7 Å². The van der Waals surface area contributed by atoms with Crippen LogP contribution in [0.4, 0.5) is 23.4 Å². The molecule has 4 heterocycles. The van der Waals surface area contributed by atoms with E-state index in [9.17, 15) is 22.8 Å². The van der Waals surface area contributed by atoms with Crippen molar-refractivity contribution in [2.24, 2.45) is 0 Å². The molecular formula is C23H14F4N8O. The highest BCUT2D eigenvalue weighted by Crippen LogP contribution is 2.34. The molecule has 0 aliphatic heterocycles. The summed E-state index contributed by atoms with van der Waals surface area (Å²) >= 11 is 0. The van der Waals surface area contributed by atoms with Crippen LogP contribution in [-0.2, 0) is 6.18 Å². The molecule has 0 bridgehead atoms. The lowest BCUT2D eigenvalue weighted by Crippen LogP contribution is -2.11. The summed E-state index contributed by atoms with van der Waals surface area (Å²) in [4.78, 5) is 10.8. The molecule has 0 spiro atoms. The lowest BCUT2D eigenvalue weighted by molar-refractivity contribution is -0.144. The van der Waals surface area contributed by atoms with Gasteiger partial charge in [0.05, 0.1) is 22.7 Å². The largest absolute Gasteiger partial charge is 0.451 e. The first kappa shape index (κ1) is 22.9. The van der Waals surface area contributed by atoms with Crippen LogP contribution in [0.1, 0.15) is 35.7 Å². The molecule has 0 fully saturated rings. The number of anilines is 1. The van der Waals surface area contributed by atoms with Gasteiger partial charge < -0.3 is 10.3 Å². The molecule has 0 aliphatic rings. The molecule has 180 valence electrons. The Bertz CT molecular complexity index is 1630. The first-order valence-electron chi connectivity index (χ1n) is 10.4. The summed E-state index contributed by atoms with van der Waals surface area (Å²) in [6, 6.07) is 11.2. The third-order valence-corrected chi connectivity index (χ3v) is 5.50. The van der Waals surface area contributed by atoms with Crippen molar-refractivity contribution >= 4 is 11.3 Å². The standard InChI is InChI=1S/C23H14F4N8O/c1-11(18-7-16(34-36-18)14-4-2-3-5-15(14)24)19-12(8-28)6-17-20(29)32-21(33-35(17)19)13-9-30-22(31-10-13)23(25,26)27/h2-7,9-11H,1H3,(H2,29,32,33)/t11-/m1/s1. The molecule has 0 saturated heterocycles. The van der Waals surface area contributed by atoms with Gasteiger partial charge in [0.15, 0.2) is 11.6 Å². The molecular weight excluding hydrogens is 480 g/mol. The highest BCUT2D eigenvalue weighted by atomic mass is 19.4. The van der Waals surface area contributed by atoms with Crippen LogP contribution in [0.15, 0.2) is 53.3 Å². The molecule has 0 radical (unpaired) electrons. The van der Waals surface area contributed by atoms with Crippen molar-refractivity contribution < 1.29 is 22.1 Å². The van der Waals surface area contributed by atoms with Gasteiger partial charge in [0.25, 0.3) is 0 Å². The minimum atomic E-state index is -4.70. The minimum absolute atomic E-state index is 0.0144. The van der Waals surface area contributed by atoms with Crippen LogP contribution < -0.4 is 5.73 Å². The fourth-order valence-electron chi connectivity index (χ4n) is 3.74. The zero-order valence-corrected chi connectivity index (χ0v) is 18.3. The van der Waals surface area contributed by atoms with Crippen molar-refractivity contribution in [3.63, 3.8) is 0 Å². The number of alkyl halides is 3. The quantitative estimate of drug-likeness (QED) is 0.359. The molecule has 1 atom stereocenters. The third-order valence-electron chi connectivity index (χ3n) is 5.50. The number of hydrogen-bond donors (Lipinski definition) is 1. The van der Waals surface area contributed by atoms with Crippen LogP contribution in [0.5, 0.6) is 0 Å². The number of benzene rings is 1. The fourth-order valence-corrected chi connectivity index (χ4v) is 3.74. The lowest BCUT2D eigenvalue weighted by Gasteiger charge is -2.11. The van der Waals surface area contributed by atoms with Gasteiger partial charge in [0, 0.05) is 24.0 Å². The number of fused-ring (bicyclic) bond motifs is 1. The average Bonchev–Trinajstić information content (AvgIpc) is 3.49. The van der Waals surface area contributed by atoms with Crippen molar-refractivity contribution in [2.75, 3.05) is 5.73 Å². The Morgan fingerprint density at radius 3 is 2.53 bits per heavy atom. The van der Waals surface area contributed by atoms with Crippen molar-refractivity contribution in [3.05, 3.63) is 77.5 Å². The summed E-state index contributed by atoms with van der Waals surface area (Å²) in [7, 11) is 0. The van der Waals surface area contributed by atoms with Crippen LogP contribution in [0, 0.1) is 17.1 Å². The second-order valence-electron chi connectivity index (χ2n) is 7.78. The summed E-state index contributed by atoms with van der Waals surface area (Å²) < 4.78 is 59.5. The fraction of sp³-hybridized carbons (Fsp3) is 0.130. The van der Waals surface area contributed by atoms with Gasteiger partial charge >= 0.3 is 6.18 Å². The highest BCUT2D eigenvalue weighted by Gasteiger charge is 2.34. The molecule has 0 aliphatic carbocycles. The number of nitrogens with zero attached hydrogens (tertiary/aromatic N) is 7. The molecule has 13 heteroatoms.